The lowest BCUT2D eigenvalue weighted by molar-refractivity contribution is -0.124. The van der Waals surface area contributed by atoms with Gasteiger partial charge < -0.3 is 10.7 Å². The molecular formula is C19H18N4O2. The number of nitrogens with one attached hydrogen (secondary N) is 1. The van der Waals surface area contributed by atoms with E-state index in [2.05, 4.69) is 16.0 Å². The summed E-state index contributed by atoms with van der Waals surface area (Å²) in [5.41, 5.74) is 8.40. The number of nitrogens with zero attached hydrogens (tertiary/aromatic N) is 2. The van der Waals surface area contributed by atoms with E-state index in [9.17, 15) is 9.59 Å². The van der Waals surface area contributed by atoms with Gasteiger partial charge in [-0.15, -0.1) is 0 Å². The third-order valence-electron chi connectivity index (χ3n) is 4.69. The quantitative estimate of drug-likeness (QED) is 0.756. The van der Waals surface area contributed by atoms with Gasteiger partial charge in [0.05, 0.1) is 23.5 Å². The monoisotopic (exact) mass is 334 g/mol. The number of H-pyrrole nitrogens is 1. The Morgan fingerprint density at radius 1 is 1.16 bits per heavy atom. The zero-order valence-corrected chi connectivity index (χ0v) is 13.6. The fraction of sp³-hybridized carbons (Fsp3) is 0.211. The first-order valence-electron chi connectivity index (χ1n) is 8.20. The van der Waals surface area contributed by atoms with Gasteiger partial charge in [-0.2, -0.15) is 0 Å². The van der Waals surface area contributed by atoms with Crippen molar-refractivity contribution >= 4 is 16.8 Å². The maximum atomic E-state index is 12.2. The highest BCUT2D eigenvalue weighted by Crippen LogP contribution is 2.24. The molecule has 1 atom stereocenters. The largest absolute Gasteiger partial charge is 0.368 e. The molecule has 0 radical (unpaired) electrons. The lowest BCUT2D eigenvalue weighted by Crippen LogP contribution is -2.48. The van der Waals surface area contributed by atoms with Gasteiger partial charge in [-0.25, -0.2) is 4.98 Å². The van der Waals surface area contributed by atoms with E-state index in [-0.39, 0.29) is 11.5 Å². The average Bonchev–Trinajstić information content (AvgIpc) is 2.61. The fourth-order valence-corrected chi connectivity index (χ4v) is 3.43. The Morgan fingerprint density at radius 3 is 2.68 bits per heavy atom. The molecule has 1 aliphatic rings. The Bertz CT molecular complexity index is 1010. The van der Waals surface area contributed by atoms with E-state index in [1.165, 1.54) is 5.56 Å². The highest BCUT2D eigenvalue weighted by molar-refractivity contribution is 5.80. The van der Waals surface area contributed by atoms with E-state index in [0.717, 1.165) is 5.56 Å². The second-order valence-corrected chi connectivity index (χ2v) is 6.33. The maximum Gasteiger partial charge on any atom is 0.258 e. The predicted molar refractivity (Wildman–Crippen MR) is 94.7 cm³/mol. The normalized spacial score (nSPS) is 17.4. The molecule has 1 amide bonds. The summed E-state index contributed by atoms with van der Waals surface area (Å²) in [5, 5.41) is 0.557. The summed E-state index contributed by atoms with van der Waals surface area (Å²) < 4.78 is 0. The molecule has 2 aromatic carbocycles. The van der Waals surface area contributed by atoms with Crippen LogP contribution in [0.1, 0.15) is 17.0 Å². The molecule has 25 heavy (non-hydrogen) atoms. The Labute approximate surface area is 144 Å². The lowest BCUT2D eigenvalue weighted by atomic mass is 9.93. The molecule has 3 aromatic rings. The van der Waals surface area contributed by atoms with Gasteiger partial charge in [0.25, 0.3) is 5.56 Å². The first kappa shape index (κ1) is 15.5. The number of amides is 1. The Balaban J connectivity index is 1.69. The van der Waals surface area contributed by atoms with Gasteiger partial charge in [-0.05, 0) is 29.7 Å². The second-order valence-electron chi connectivity index (χ2n) is 6.33. The molecule has 3 N–H and O–H groups in total. The summed E-state index contributed by atoms with van der Waals surface area (Å²) in [4.78, 5) is 33.5. The highest BCUT2D eigenvalue weighted by Gasteiger charge is 2.30. The van der Waals surface area contributed by atoms with Crippen LogP contribution in [0.15, 0.2) is 53.3 Å². The van der Waals surface area contributed by atoms with Crippen LogP contribution in [0.2, 0.25) is 0 Å². The zero-order valence-electron chi connectivity index (χ0n) is 13.6. The highest BCUT2D eigenvalue weighted by atomic mass is 16.1. The smallest absolute Gasteiger partial charge is 0.258 e. The summed E-state index contributed by atoms with van der Waals surface area (Å²) in [6.07, 6.45) is 0.573. The van der Waals surface area contributed by atoms with Crippen LogP contribution in [0, 0.1) is 0 Å². The number of rotatable bonds is 3. The van der Waals surface area contributed by atoms with E-state index < -0.39 is 6.04 Å². The molecule has 2 heterocycles. The van der Waals surface area contributed by atoms with Crippen LogP contribution in [0.5, 0.6) is 0 Å². The van der Waals surface area contributed by atoms with Crippen molar-refractivity contribution in [2.24, 2.45) is 5.73 Å². The summed E-state index contributed by atoms with van der Waals surface area (Å²) in [6, 6.07) is 14.8. The van der Waals surface area contributed by atoms with Gasteiger partial charge in [0.1, 0.15) is 5.82 Å². The van der Waals surface area contributed by atoms with Crippen LogP contribution in [0.4, 0.5) is 0 Å². The number of fused-ring (bicyclic) bond motifs is 2. The topological polar surface area (TPSA) is 92.1 Å². The predicted octanol–water partition coefficient (Wildman–Crippen LogP) is 1.34. The van der Waals surface area contributed by atoms with Crippen molar-refractivity contribution in [1.29, 1.82) is 0 Å². The number of carbonyl (C=O) groups excluding carboxylic acids is 1. The molecule has 0 aliphatic carbocycles. The number of primary amides is 1. The van der Waals surface area contributed by atoms with Gasteiger partial charge in [-0.1, -0.05) is 36.4 Å². The number of nitrogens with two attached hydrogens (primary N) is 1. The minimum atomic E-state index is -0.410. The molecule has 1 aromatic heterocycles. The van der Waals surface area contributed by atoms with Crippen molar-refractivity contribution in [2.45, 2.75) is 25.6 Å². The summed E-state index contributed by atoms with van der Waals surface area (Å²) >= 11 is 0. The van der Waals surface area contributed by atoms with Gasteiger partial charge >= 0.3 is 0 Å². The Hall–Kier alpha value is -2.99. The van der Waals surface area contributed by atoms with E-state index >= 15 is 0 Å². The summed E-state index contributed by atoms with van der Waals surface area (Å²) in [5.74, 6) is 0.173. The van der Waals surface area contributed by atoms with Gasteiger partial charge in [0.2, 0.25) is 5.91 Å². The molecule has 0 fully saturated rings. The van der Waals surface area contributed by atoms with Crippen molar-refractivity contribution in [3.05, 3.63) is 75.8 Å². The fourth-order valence-electron chi connectivity index (χ4n) is 3.43. The summed E-state index contributed by atoms with van der Waals surface area (Å²) in [7, 11) is 0. The van der Waals surface area contributed by atoms with Crippen LogP contribution in [-0.2, 0) is 24.3 Å². The van der Waals surface area contributed by atoms with Crippen molar-refractivity contribution in [3.8, 4) is 0 Å². The Morgan fingerprint density at radius 2 is 1.88 bits per heavy atom. The number of aromatic amines is 1. The van der Waals surface area contributed by atoms with Crippen LogP contribution < -0.4 is 11.3 Å². The first-order valence-corrected chi connectivity index (χ1v) is 8.20. The van der Waals surface area contributed by atoms with E-state index in [1.807, 2.05) is 41.3 Å². The molecule has 126 valence electrons. The zero-order chi connectivity index (χ0) is 17.4. The van der Waals surface area contributed by atoms with Crippen LogP contribution >= 0.6 is 0 Å². The molecule has 6 nitrogen and oxygen atoms in total. The van der Waals surface area contributed by atoms with E-state index in [0.29, 0.717) is 36.2 Å². The number of hydrogen-bond acceptors (Lipinski definition) is 4. The van der Waals surface area contributed by atoms with Gasteiger partial charge in [-0.3, -0.25) is 14.5 Å². The lowest BCUT2D eigenvalue weighted by Gasteiger charge is -2.34. The second kappa shape index (κ2) is 6.14. The first-order chi connectivity index (χ1) is 12.1. The molecule has 0 spiro atoms. The third-order valence-corrected chi connectivity index (χ3v) is 4.69. The minimum absolute atomic E-state index is 0.173. The molecule has 0 unspecified atom stereocenters. The van der Waals surface area contributed by atoms with Gasteiger partial charge in [0, 0.05) is 6.54 Å². The molecule has 4 rings (SSSR count). The standard InChI is InChI=1S/C19H18N4O2/c20-18(24)16-9-12-5-1-2-6-13(12)10-23(16)11-17-21-15-8-4-3-7-14(15)19(25)22-17/h1-8,16H,9-11H2,(H2,20,24)(H,21,22,25)/t16-/m1/s1. The van der Waals surface area contributed by atoms with E-state index in [1.54, 1.807) is 6.07 Å². The van der Waals surface area contributed by atoms with Crippen LogP contribution in [0.3, 0.4) is 0 Å². The maximum absolute atomic E-state index is 12.2. The van der Waals surface area contributed by atoms with Crippen molar-refractivity contribution in [3.63, 3.8) is 0 Å². The number of aromatic nitrogens is 2. The summed E-state index contributed by atoms with van der Waals surface area (Å²) in [6.45, 7) is 0.961. The van der Waals surface area contributed by atoms with Crippen molar-refractivity contribution < 1.29 is 4.79 Å². The number of hydrogen-bond donors (Lipinski definition) is 2. The average molecular weight is 334 g/mol. The number of benzene rings is 2. The van der Waals surface area contributed by atoms with Crippen molar-refractivity contribution in [2.75, 3.05) is 0 Å². The minimum Gasteiger partial charge on any atom is -0.368 e. The molecule has 0 saturated heterocycles. The molecular weight excluding hydrogens is 316 g/mol. The molecule has 6 heteroatoms. The number of carbonyl (C=O) groups is 1. The van der Waals surface area contributed by atoms with Crippen LogP contribution in [-0.4, -0.2) is 26.8 Å². The van der Waals surface area contributed by atoms with Crippen molar-refractivity contribution in [1.82, 2.24) is 14.9 Å². The Kier molecular flexibility index (Phi) is 3.82. The molecule has 1 aliphatic heterocycles. The molecule has 0 bridgehead atoms. The van der Waals surface area contributed by atoms with Gasteiger partial charge in [0.15, 0.2) is 0 Å². The molecule has 0 saturated carbocycles. The SMILES string of the molecule is NC(=O)[C@H]1Cc2ccccc2CN1Cc1nc2ccccc2c(=O)[nH]1. The third kappa shape index (κ3) is 2.92. The van der Waals surface area contributed by atoms with Crippen LogP contribution in [0.25, 0.3) is 10.9 Å². The van der Waals surface area contributed by atoms with E-state index in [4.69, 9.17) is 5.73 Å². The number of para-hydroxylation sites is 1.